The molecule has 0 aliphatic carbocycles. The molecule has 0 radical (unpaired) electrons. The van der Waals surface area contributed by atoms with Crippen LogP contribution in [0.2, 0.25) is 10.2 Å². The number of nitrogens with one attached hydrogen (secondary N) is 2. The van der Waals surface area contributed by atoms with Crippen molar-refractivity contribution in [2.24, 2.45) is 5.73 Å². The number of hydrogen-bond acceptors (Lipinski definition) is 3. The molecule has 0 unspecified atom stereocenters. The second-order valence-corrected chi connectivity index (χ2v) is 4.79. The predicted octanol–water partition coefficient (Wildman–Crippen LogP) is 3.13. The third kappa shape index (κ3) is 4.08. The van der Waals surface area contributed by atoms with Gasteiger partial charge in [0.15, 0.2) is 0 Å². The lowest BCUT2D eigenvalue weighted by Gasteiger charge is -2.08. The molecule has 0 saturated carbocycles. The summed E-state index contributed by atoms with van der Waals surface area (Å²) in [6.07, 6.45) is 1.31. The number of pyridine rings is 1. The Bertz CT molecular complexity index is 706. The van der Waals surface area contributed by atoms with Crippen LogP contribution in [-0.2, 0) is 0 Å². The molecule has 3 amide bonds. The molecule has 0 fully saturated rings. The molecule has 0 atom stereocenters. The Kier molecular flexibility index (Phi) is 4.62. The minimum atomic E-state index is -0.688. The summed E-state index contributed by atoms with van der Waals surface area (Å²) in [6, 6.07) is 7.25. The van der Waals surface area contributed by atoms with Crippen LogP contribution in [0.4, 0.5) is 16.2 Å². The number of halogens is 2. The van der Waals surface area contributed by atoms with Crippen LogP contribution in [0.5, 0.6) is 0 Å². The topological polar surface area (TPSA) is 97.1 Å². The van der Waals surface area contributed by atoms with Crippen molar-refractivity contribution in [3.63, 3.8) is 0 Å². The average Bonchev–Trinajstić information content (AvgIpc) is 2.41. The zero-order chi connectivity index (χ0) is 15.4. The fourth-order valence-corrected chi connectivity index (χ4v) is 1.84. The molecule has 1 aromatic carbocycles. The molecule has 0 saturated heterocycles. The molecule has 0 aliphatic rings. The monoisotopic (exact) mass is 324 g/mol. The minimum Gasteiger partial charge on any atom is -0.351 e. The number of nitrogens with zero attached hydrogens (tertiary/aromatic N) is 1. The third-order valence-corrected chi connectivity index (χ3v) is 3.13. The summed E-state index contributed by atoms with van der Waals surface area (Å²) >= 11 is 11.5. The number of hydrogen-bond donors (Lipinski definition) is 3. The van der Waals surface area contributed by atoms with Crippen LogP contribution in [-0.4, -0.2) is 16.9 Å². The fraction of sp³-hybridized carbons (Fsp3) is 0. The van der Waals surface area contributed by atoms with E-state index in [1.165, 1.54) is 12.3 Å². The number of primary amides is 1. The van der Waals surface area contributed by atoms with Crippen molar-refractivity contribution in [3.8, 4) is 0 Å². The summed E-state index contributed by atoms with van der Waals surface area (Å²) in [5, 5.41) is 5.37. The van der Waals surface area contributed by atoms with Gasteiger partial charge in [-0.15, -0.1) is 0 Å². The van der Waals surface area contributed by atoms with Gasteiger partial charge in [0.25, 0.3) is 5.91 Å². The molecular weight excluding hydrogens is 315 g/mol. The van der Waals surface area contributed by atoms with E-state index in [-0.39, 0.29) is 15.7 Å². The number of anilines is 2. The van der Waals surface area contributed by atoms with Gasteiger partial charge in [0.2, 0.25) is 0 Å². The second kappa shape index (κ2) is 6.43. The van der Waals surface area contributed by atoms with E-state index >= 15 is 0 Å². The first kappa shape index (κ1) is 15.1. The highest BCUT2D eigenvalue weighted by Crippen LogP contribution is 2.21. The first-order valence-corrected chi connectivity index (χ1v) is 6.50. The normalized spacial score (nSPS) is 10.0. The first-order chi connectivity index (χ1) is 9.95. The van der Waals surface area contributed by atoms with Gasteiger partial charge in [-0.1, -0.05) is 29.3 Å². The van der Waals surface area contributed by atoms with E-state index in [0.717, 1.165) is 0 Å². The van der Waals surface area contributed by atoms with Crippen molar-refractivity contribution in [3.05, 3.63) is 52.3 Å². The molecule has 2 rings (SSSR count). The lowest BCUT2D eigenvalue weighted by Crippen LogP contribution is -2.19. The summed E-state index contributed by atoms with van der Waals surface area (Å²) in [4.78, 5) is 26.6. The average molecular weight is 325 g/mol. The Labute approximate surface area is 130 Å². The Morgan fingerprint density at radius 2 is 1.76 bits per heavy atom. The van der Waals surface area contributed by atoms with E-state index in [2.05, 4.69) is 15.6 Å². The minimum absolute atomic E-state index is 0.126. The van der Waals surface area contributed by atoms with Crippen LogP contribution in [0.25, 0.3) is 0 Å². The maximum absolute atomic E-state index is 12.0. The standard InChI is InChI=1S/C13H10Cl2N4O2/c14-10-4-7(6-17-11(10)15)12(20)18-8-2-1-3-9(5-8)19-13(16)21/h1-6H,(H,18,20)(H3,16,19,21). The molecule has 6 nitrogen and oxygen atoms in total. The summed E-state index contributed by atoms with van der Waals surface area (Å²) in [5.41, 5.74) is 6.24. The number of carbonyl (C=O) groups excluding carboxylic acids is 2. The van der Waals surface area contributed by atoms with E-state index in [0.29, 0.717) is 11.4 Å². The molecule has 0 spiro atoms. The highest BCUT2D eigenvalue weighted by Gasteiger charge is 2.10. The highest BCUT2D eigenvalue weighted by atomic mass is 35.5. The fourth-order valence-electron chi connectivity index (χ4n) is 1.57. The number of benzene rings is 1. The largest absolute Gasteiger partial charge is 0.351 e. The number of urea groups is 1. The van der Waals surface area contributed by atoms with Crippen LogP contribution in [0.1, 0.15) is 10.4 Å². The molecule has 1 aromatic heterocycles. The molecule has 0 aliphatic heterocycles. The number of rotatable bonds is 3. The molecule has 2 aromatic rings. The van der Waals surface area contributed by atoms with Crippen molar-refractivity contribution >= 4 is 46.5 Å². The van der Waals surface area contributed by atoms with Crippen molar-refractivity contribution in [1.29, 1.82) is 0 Å². The molecule has 0 bridgehead atoms. The van der Waals surface area contributed by atoms with Gasteiger partial charge in [-0.25, -0.2) is 9.78 Å². The van der Waals surface area contributed by atoms with E-state index in [4.69, 9.17) is 28.9 Å². The van der Waals surface area contributed by atoms with Crippen LogP contribution in [0.3, 0.4) is 0 Å². The molecule has 108 valence electrons. The van der Waals surface area contributed by atoms with Crippen molar-refractivity contribution in [2.75, 3.05) is 10.6 Å². The van der Waals surface area contributed by atoms with E-state index in [1.807, 2.05) is 0 Å². The molecule has 4 N–H and O–H groups in total. The van der Waals surface area contributed by atoms with Crippen LogP contribution < -0.4 is 16.4 Å². The van der Waals surface area contributed by atoms with E-state index in [1.54, 1.807) is 24.3 Å². The highest BCUT2D eigenvalue weighted by molar-refractivity contribution is 6.41. The van der Waals surface area contributed by atoms with Crippen LogP contribution in [0.15, 0.2) is 36.5 Å². The number of aromatic nitrogens is 1. The van der Waals surface area contributed by atoms with Crippen LogP contribution >= 0.6 is 23.2 Å². The molecule has 21 heavy (non-hydrogen) atoms. The summed E-state index contributed by atoms with van der Waals surface area (Å²) < 4.78 is 0. The molecule has 8 heteroatoms. The first-order valence-electron chi connectivity index (χ1n) is 5.74. The van der Waals surface area contributed by atoms with Gasteiger partial charge in [0, 0.05) is 17.6 Å². The van der Waals surface area contributed by atoms with E-state index in [9.17, 15) is 9.59 Å². The smallest absolute Gasteiger partial charge is 0.316 e. The third-order valence-electron chi connectivity index (χ3n) is 2.45. The Hall–Kier alpha value is -2.31. The summed E-state index contributed by atoms with van der Waals surface area (Å²) in [7, 11) is 0. The quantitative estimate of drug-likeness (QED) is 0.756. The van der Waals surface area contributed by atoms with Crippen LogP contribution in [0, 0.1) is 0 Å². The Balaban J connectivity index is 2.15. The number of nitrogens with two attached hydrogens (primary N) is 1. The van der Waals surface area contributed by atoms with Crippen molar-refractivity contribution < 1.29 is 9.59 Å². The Morgan fingerprint density at radius 3 is 2.38 bits per heavy atom. The van der Waals surface area contributed by atoms with Gasteiger partial charge in [-0.3, -0.25) is 4.79 Å². The maximum atomic E-state index is 12.0. The van der Waals surface area contributed by atoms with Crippen molar-refractivity contribution in [1.82, 2.24) is 4.98 Å². The van der Waals surface area contributed by atoms with Gasteiger partial charge in [0.1, 0.15) is 5.15 Å². The lowest BCUT2D eigenvalue weighted by molar-refractivity contribution is 0.102. The maximum Gasteiger partial charge on any atom is 0.316 e. The molecular formula is C13H10Cl2N4O2. The van der Waals surface area contributed by atoms with Crippen molar-refractivity contribution in [2.45, 2.75) is 0 Å². The molecule has 1 heterocycles. The van der Waals surface area contributed by atoms with Gasteiger partial charge < -0.3 is 16.4 Å². The van der Waals surface area contributed by atoms with Gasteiger partial charge in [-0.05, 0) is 24.3 Å². The Morgan fingerprint density at radius 1 is 1.10 bits per heavy atom. The van der Waals surface area contributed by atoms with Gasteiger partial charge in [0.05, 0.1) is 10.6 Å². The predicted molar refractivity (Wildman–Crippen MR) is 81.9 cm³/mol. The van der Waals surface area contributed by atoms with Gasteiger partial charge >= 0.3 is 6.03 Å². The lowest BCUT2D eigenvalue weighted by atomic mass is 10.2. The SMILES string of the molecule is NC(=O)Nc1cccc(NC(=O)c2cnc(Cl)c(Cl)c2)c1. The zero-order valence-corrected chi connectivity index (χ0v) is 12.1. The van der Waals surface area contributed by atoms with E-state index < -0.39 is 11.9 Å². The zero-order valence-electron chi connectivity index (χ0n) is 10.6. The van der Waals surface area contributed by atoms with Gasteiger partial charge in [-0.2, -0.15) is 0 Å². The second-order valence-electron chi connectivity index (χ2n) is 4.02. The summed E-state index contributed by atoms with van der Waals surface area (Å²) in [6.45, 7) is 0. The number of carbonyl (C=O) groups is 2. The summed E-state index contributed by atoms with van der Waals surface area (Å²) in [5.74, 6) is -0.405. The number of amides is 3.